The number of methoxy groups -OCH3 is 1. The number of benzene rings is 2. The Morgan fingerprint density at radius 2 is 1.96 bits per heavy atom. The summed E-state index contributed by atoms with van der Waals surface area (Å²) >= 11 is 5.94. The Balaban J connectivity index is 2.05. The zero-order chi connectivity index (χ0) is 18.7. The van der Waals surface area contributed by atoms with Crippen molar-refractivity contribution < 1.29 is 13.2 Å². The number of aryl methyl sites for hydroxylation is 1. The van der Waals surface area contributed by atoms with Gasteiger partial charge in [0.25, 0.3) is 0 Å². The van der Waals surface area contributed by atoms with E-state index in [0.717, 1.165) is 0 Å². The fourth-order valence-corrected chi connectivity index (χ4v) is 4.09. The summed E-state index contributed by atoms with van der Waals surface area (Å²) in [5, 5.41) is 0.350. The van der Waals surface area contributed by atoms with Crippen LogP contribution in [0.3, 0.4) is 0 Å². The van der Waals surface area contributed by atoms with Crippen LogP contribution in [0.25, 0.3) is 0 Å². The number of imidazole rings is 1. The molecule has 0 spiro atoms. The summed E-state index contributed by atoms with van der Waals surface area (Å²) in [6.45, 7) is 0. The molecule has 136 valence electrons. The van der Waals surface area contributed by atoms with Crippen molar-refractivity contribution in [3.63, 3.8) is 0 Å². The van der Waals surface area contributed by atoms with Crippen LogP contribution in [-0.4, -0.2) is 25.1 Å². The minimum atomic E-state index is -3.82. The van der Waals surface area contributed by atoms with Gasteiger partial charge in [-0.1, -0.05) is 29.8 Å². The monoisotopic (exact) mass is 391 g/mol. The van der Waals surface area contributed by atoms with Crippen LogP contribution in [0.2, 0.25) is 5.02 Å². The lowest BCUT2D eigenvalue weighted by Gasteiger charge is -2.20. The van der Waals surface area contributed by atoms with Gasteiger partial charge in [-0.25, -0.2) is 13.4 Å². The van der Waals surface area contributed by atoms with E-state index in [0.29, 0.717) is 22.2 Å². The molecule has 1 unspecified atom stereocenters. The number of hydrogen-bond acceptors (Lipinski definition) is 4. The van der Waals surface area contributed by atoms with Crippen LogP contribution >= 0.6 is 11.6 Å². The number of halogens is 1. The van der Waals surface area contributed by atoms with Gasteiger partial charge in [0, 0.05) is 24.5 Å². The van der Waals surface area contributed by atoms with Crippen molar-refractivity contribution >= 4 is 21.6 Å². The molecule has 2 aromatic carbocycles. The standard InChI is InChI=1S/C18H18ClN3O3S/c1-22-10-9-20-18(22)17(13-5-3-7-15(11-13)25-2)21-26(23,24)16-8-4-6-14(19)12-16/h3-12,17,21H,1-2H3. The summed E-state index contributed by atoms with van der Waals surface area (Å²) in [5.74, 6) is 1.19. The van der Waals surface area contributed by atoms with Gasteiger partial charge in [-0.2, -0.15) is 4.72 Å². The number of ether oxygens (including phenoxy) is 1. The van der Waals surface area contributed by atoms with Gasteiger partial charge in [0.1, 0.15) is 17.6 Å². The zero-order valence-corrected chi connectivity index (χ0v) is 15.8. The molecule has 0 radical (unpaired) electrons. The van der Waals surface area contributed by atoms with Crippen LogP contribution in [-0.2, 0) is 17.1 Å². The van der Waals surface area contributed by atoms with Gasteiger partial charge < -0.3 is 9.30 Å². The van der Waals surface area contributed by atoms with E-state index in [1.807, 2.05) is 13.1 Å². The summed E-state index contributed by atoms with van der Waals surface area (Å²) < 4.78 is 35.5. The van der Waals surface area contributed by atoms with Crippen LogP contribution in [0.5, 0.6) is 5.75 Å². The van der Waals surface area contributed by atoms with Gasteiger partial charge in [0.15, 0.2) is 0 Å². The molecule has 0 aliphatic carbocycles. The first-order chi connectivity index (χ1) is 12.4. The Morgan fingerprint density at radius 1 is 1.19 bits per heavy atom. The third-order valence-corrected chi connectivity index (χ3v) is 5.58. The largest absolute Gasteiger partial charge is 0.497 e. The van der Waals surface area contributed by atoms with E-state index in [-0.39, 0.29) is 4.90 Å². The molecule has 0 bridgehead atoms. The Hall–Kier alpha value is -2.35. The number of nitrogens with zero attached hydrogens (tertiary/aromatic N) is 2. The first-order valence-corrected chi connectivity index (χ1v) is 9.66. The van der Waals surface area contributed by atoms with Crippen LogP contribution in [0.4, 0.5) is 0 Å². The van der Waals surface area contributed by atoms with E-state index < -0.39 is 16.1 Å². The molecule has 1 N–H and O–H groups in total. The normalized spacial score (nSPS) is 12.7. The van der Waals surface area contributed by atoms with Gasteiger partial charge >= 0.3 is 0 Å². The average Bonchev–Trinajstić information content (AvgIpc) is 3.05. The van der Waals surface area contributed by atoms with Crippen molar-refractivity contribution in [2.45, 2.75) is 10.9 Å². The summed E-state index contributed by atoms with van der Waals surface area (Å²) in [5.41, 5.74) is 0.712. The van der Waals surface area contributed by atoms with Gasteiger partial charge in [-0.15, -0.1) is 0 Å². The highest BCUT2D eigenvalue weighted by atomic mass is 35.5. The average molecular weight is 392 g/mol. The van der Waals surface area contributed by atoms with E-state index in [9.17, 15) is 8.42 Å². The van der Waals surface area contributed by atoms with Gasteiger partial charge in [-0.05, 0) is 35.9 Å². The zero-order valence-electron chi connectivity index (χ0n) is 14.3. The third-order valence-electron chi connectivity index (χ3n) is 3.92. The minimum absolute atomic E-state index is 0.0899. The SMILES string of the molecule is COc1cccc(C(NS(=O)(=O)c2cccc(Cl)c2)c2nccn2C)c1. The Morgan fingerprint density at radius 3 is 2.62 bits per heavy atom. The predicted molar refractivity (Wildman–Crippen MR) is 99.8 cm³/mol. The molecule has 0 fully saturated rings. The van der Waals surface area contributed by atoms with E-state index in [1.54, 1.807) is 54.4 Å². The molecule has 0 aliphatic rings. The van der Waals surface area contributed by atoms with Crippen molar-refractivity contribution in [1.82, 2.24) is 14.3 Å². The molecule has 0 saturated carbocycles. The molecule has 1 heterocycles. The molecule has 3 rings (SSSR count). The van der Waals surface area contributed by atoms with E-state index in [4.69, 9.17) is 16.3 Å². The van der Waals surface area contributed by atoms with Crippen LogP contribution < -0.4 is 9.46 Å². The number of nitrogens with one attached hydrogen (secondary N) is 1. The molecule has 0 saturated heterocycles. The Bertz CT molecular complexity index is 1020. The van der Waals surface area contributed by atoms with Crippen LogP contribution in [0, 0.1) is 0 Å². The van der Waals surface area contributed by atoms with E-state index >= 15 is 0 Å². The van der Waals surface area contributed by atoms with Crippen molar-refractivity contribution in [1.29, 1.82) is 0 Å². The smallest absolute Gasteiger partial charge is 0.241 e. The molecular weight excluding hydrogens is 374 g/mol. The molecule has 1 atom stereocenters. The summed E-state index contributed by atoms with van der Waals surface area (Å²) in [6.07, 6.45) is 3.38. The fourth-order valence-electron chi connectivity index (χ4n) is 2.60. The highest BCUT2D eigenvalue weighted by Crippen LogP contribution is 2.26. The lowest BCUT2D eigenvalue weighted by Crippen LogP contribution is -2.31. The third kappa shape index (κ3) is 3.90. The second-order valence-electron chi connectivity index (χ2n) is 5.68. The molecule has 0 amide bonds. The summed E-state index contributed by atoms with van der Waals surface area (Å²) in [4.78, 5) is 4.40. The predicted octanol–water partition coefficient (Wildman–Crippen LogP) is 3.15. The number of aromatic nitrogens is 2. The Labute approximate surface area is 157 Å². The highest BCUT2D eigenvalue weighted by molar-refractivity contribution is 7.89. The second kappa shape index (κ2) is 7.49. The minimum Gasteiger partial charge on any atom is -0.497 e. The topological polar surface area (TPSA) is 73.2 Å². The molecule has 1 aromatic heterocycles. The van der Waals surface area contributed by atoms with Gasteiger partial charge in [0.2, 0.25) is 10.0 Å². The summed E-state index contributed by atoms with van der Waals surface area (Å²) in [7, 11) is -0.452. The second-order valence-corrected chi connectivity index (χ2v) is 7.84. The molecule has 26 heavy (non-hydrogen) atoms. The molecule has 6 nitrogen and oxygen atoms in total. The lowest BCUT2D eigenvalue weighted by molar-refractivity contribution is 0.413. The summed E-state index contributed by atoms with van der Waals surface area (Å²) in [6, 6.07) is 12.6. The quantitative estimate of drug-likeness (QED) is 0.700. The van der Waals surface area contributed by atoms with Gasteiger partial charge in [0.05, 0.1) is 12.0 Å². The first kappa shape index (κ1) is 18.4. The van der Waals surface area contributed by atoms with Crippen molar-refractivity contribution in [3.05, 3.63) is 77.3 Å². The molecular formula is C18H18ClN3O3S. The number of sulfonamides is 1. The Kier molecular flexibility index (Phi) is 5.31. The fraction of sp³-hybridized carbons (Fsp3) is 0.167. The van der Waals surface area contributed by atoms with Crippen LogP contribution in [0.1, 0.15) is 17.4 Å². The van der Waals surface area contributed by atoms with Crippen molar-refractivity contribution in [2.24, 2.45) is 7.05 Å². The maximum Gasteiger partial charge on any atom is 0.241 e. The van der Waals surface area contributed by atoms with Crippen LogP contribution in [0.15, 0.2) is 65.8 Å². The van der Waals surface area contributed by atoms with Crippen molar-refractivity contribution in [2.75, 3.05) is 7.11 Å². The van der Waals surface area contributed by atoms with Crippen molar-refractivity contribution in [3.8, 4) is 5.75 Å². The van der Waals surface area contributed by atoms with E-state index in [1.165, 1.54) is 12.1 Å². The number of rotatable bonds is 6. The number of hydrogen-bond donors (Lipinski definition) is 1. The molecule has 3 aromatic rings. The van der Waals surface area contributed by atoms with Gasteiger partial charge in [-0.3, -0.25) is 0 Å². The molecule has 8 heteroatoms. The maximum absolute atomic E-state index is 12.9. The molecule has 0 aliphatic heterocycles. The maximum atomic E-state index is 12.9. The first-order valence-electron chi connectivity index (χ1n) is 7.80. The highest BCUT2D eigenvalue weighted by Gasteiger charge is 2.26. The van der Waals surface area contributed by atoms with E-state index in [2.05, 4.69) is 9.71 Å². The lowest BCUT2D eigenvalue weighted by atomic mass is 10.1.